The lowest BCUT2D eigenvalue weighted by atomic mass is 10.0. The number of carboxylic acids is 1. The summed E-state index contributed by atoms with van der Waals surface area (Å²) in [5.41, 5.74) is 2.13. The van der Waals surface area contributed by atoms with Crippen molar-refractivity contribution in [2.45, 2.75) is 6.61 Å². The quantitative estimate of drug-likeness (QED) is 0.577. The van der Waals surface area contributed by atoms with E-state index >= 15 is 0 Å². The molecule has 0 aliphatic rings. The van der Waals surface area contributed by atoms with Gasteiger partial charge in [-0.1, -0.05) is 60.7 Å². The molecule has 0 saturated carbocycles. The van der Waals surface area contributed by atoms with E-state index in [-0.39, 0.29) is 11.3 Å². The minimum Gasteiger partial charge on any atom is -0.507 e. The SMILES string of the molecule is COc1ccc(/C=C/c2cccc(O)c2C(=O)O)cc1OCc1ccccc1. The number of carbonyl (C=O) groups is 1. The lowest BCUT2D eigenvalue weighted by molar-refractivity contribution is 0.0693. The van der Waals surface area contributed by atoms with Crippen molar-refractivity contribution in [2.24, 2.45) is 0 Å². The summed E-state index contributed by atoms with van der Waals surface area (Å²) in [4.78, 5) is 11.4. The minimum atomic E-state index is -1.18. The van der Waals surface area contributed by atoms with Gasteiger partial charge in [0.25, 0.3) is 0 Å². The largest absolute Gasteiger partial charge is 0.507 e. The fourth-order valence-corrected chi connectivity index (χ4v) is 2.76. The van der Waals surface area contributed by atoms with E-state index in [2.05, 4.69) is 0 Å². The zero-order valence-electron chi connectivity index (χ0n) is 15.3. The average Bonchev–Trinajstić information content (AvgIpc) is 2.71. The molecule has 0 radical (unpaired) electrons. The number of phenols is 1. The third-order valence-electron chi connectivity index (χ3n) is 4.17. The Morgan fingerprint density at radius 1 is 0.964 bits per heavy atom. The van der Waals surface area contributed by atoms with Crippen molar-refractivity contribution in [1.29, 1.82) is 0 Å². The van der Waals surface area contributed by atoms with Gasteiger partial charge in [-0.2, -0.15) is 0 Å². The first-order valence-corrected chi connectivity index (χ1v) is 8.66. The van der Waals surface area contributed by atoms with Crippen molar-refractivity contribution in [3.8, 4) is 17.2 Å². The second kappa shape index (κ2) is 8.77. The normalized spacial score (nSPS) is 10.8. The Kier molecular flexibility index (Phi) is 5.97. The van der Waals surface area contributed by atoms with Crippen LogP contribution in [0.4, 0.5) is 0 Å². The summed E-state index contributed by atoms with van der Waals surface area (Å²) in [6.45, 7) is 0.403. The van der Waals surface area contributed by atoms with Gasteiger partial charge < -0.3 is 19.7 Å². The van der Waals surface area contributed by atoms with Crippen LogP contribution in [0.2, 0.25) is 0 Å². The summed E-state index contributed by atoms with van der Waals surface area (Å²) in [6.07, 6.45) is 3.40. The van der Waals surface area contributed by atoms with Crippen molar-refractivity contribution in [3.05, 3.63) is 89.0 Å². The average molecular weight is 376 g/mol. The summed E-state index contributed by atoms with van der Waals surface area (Å²) >= 11 is 0. The molecule has 0 aromatic heterocycles. The molecule has 0 bridgehead atoms. The van der Waals surface area contributed by atoms with Crippen LogP contribution in [0.3, 0.4) is 0 Å². The molecule has 2 N–H and O–H groups in total. The summed E-state index contributed by atoms with van der Waals surface area (Å²) in [6, 6.07) is 19.8. The maximum atomic E-state index is 11.4. The van der Waals surface area contributed by atoms with Crippen molar-refractivity contribution in [3.63, 3.8) is 0 Å². The van der Waals surface area contributed by atoms with Crippen LogP contribution in [0, 0.1) is 0 Å². The molecule has 0 spiro atoms. The lowest BCUT2D eigenvalue weighted by Crippen LogP contribution is -1.99. The molecule has 3 rings (SSSR count). The molecule has 3 aromatic rings. The van der Waals surface area contributed by atoms with Crippen LogP contribution in [0.25, 0.3) is 12.2 Å². The van der Waals surface area contributed by atoms with Crippen LogP contribution < -0.4 is 9.47 Å². The Balaban J connectivity index is 1.84. The molecule has 28 heavy (non-hydrogen) atoms. The first-order chi connectivity index (χ1) is 13.6. The van der Waals surface area contributed by atoms with E-state index in [0.717, 1.165) is 11.1 Å². The third-order valence-corrected chi connectivity index (χ3v) is 4.17. The third kappa shape index (κ3) is 4.51. The Hall–Kier alpha value is -3.73. The van der Waals surface area contributed by atoms with Gasteiger partial charge in [0.1, 0.15) is 17.9 Å². The number of methoxy groups -OCH3 is 1. The summed E-state index contributed by atoms with van der Waals surface area (Å²) < 4.78 is 11.3. The molecule has 0 atom stereocenters. The van der Waals surface area contributed by atoms with Gasteiger partial charge >= 0.3 is 5.97 Å². The Morgan fingerprint density at radius 3 is 2.46 bits per heavy atom. The maximum Gasteiger partial charge on any atom is 0.340 e. The van der Waals surface area contributed by atoms with E-state index in [1.807, 2.05) is 42.5 Å². The second-order valence-corrected chi connectivity index (χ2v) is 6.06. The highest BCUT2D eigenvalue weighted by Crippen LogP contribution is 2.30. The van der Waals surface area contributed by atoms with Crippen molar-refractivity contribution in [1.82, 2.24) is 0 Å². The number of ether oxygens (including phenoxy) is 2. The summed E-state index contributed by atoms with van der Waals surface area (Å²) in [5, 5.41) is 19.1. The Labute approximate surface area is 163 Å². The number of aromatic carboxylic acids is 1. The highest BCUT2D eigenvalue weighted by atomic mass is 16.5. The standard InChI is InChI=1S/C23H20O5/c1-27-20-13-11-16(14-21(20)28-15-17-6-3-2-4-7-17)10-12-18-8-5-9-19(24)22(18)23(25)26/h2-14,24H,15H2,1H3,(H,25,26)/b12-10+. The van der Waals surface area contributed by atoms with E-state index in [1.165, 1.54) is 6.07 Å². The predicted molar refractivity (Wildman–Crippen MR) is 108 cm³/mol. The molecule has 0 amide bonds. The number of rotatable bonds is 7. The monoisotopic (exact) mass is 376 g/mol. The molecule has 5 heteroatoms. The lowest BCUT2D eigenvalue weighted by Gasteiger charge is -2.11. The molecule has 0 aliphatic heterocycles. The predicted octanol–water partition coefficient (Wildman–Crippen LogP) is 4.85. The van der Waals surface area contributed by atoms with E-state index in [0.29, 0.717) is 23.7 Å². The molecule has 0 saturated heterocycles. The molecule has 3 aromatic carbocycles. The molecule has 0 heterocycles. The first-order valence-electron chi connectivity index (χ1n) is 8.66. The van der Waals surface area contributed by atoms with Gasteiger partial charge in [0, 0.05) is 0 Å². The maximum absolute atomic E-state index is 11.4. The Morgan fingerprint density at radius 2 is 1.75 bits per heavy atom. The number of hydrogen-bond acceptors (Lipinski definition) is 4. The van der Waals surface area contributed by atoms with Gasteiger partial charge in [0.15, 0.2) is 11.5 Å². The van der Waals surface area contributed by atoms with Gasteiger partial charge in [0.2, 0.25) is 0 Å². The van der Waals surface area contributed by atoms with Crippen molar-refractivity contribution in [2.75, 3.05) is 7.11 Å². The van der Waals surface area contributed by atoms with Crippen LogP contribution in [-0.2, 0) is 6.61 Å². The molecule has 142 valence electrons. The van der Waals surface area contributed by atoms with E-state index in [1.54, 1.807) is 37.5 Å². The highest BCUT2D eigenvalue weighted by Gasteiger charge is 2.13. The minimum absolute atomic E-state index is 0.132. The smallest absolute Gasteiger partial charge is 0.340 e. The van der Waals surface area contributed by atoms with E-state index in [4.69, 9.17) is 9.47 Å². The van der Waals surface area contributed by atoms with E-state index in [9.17, 15) is 15.0 Å². The van der Waals surface area contributed by atoms with E-state index < -0.39 is 5.97 Å². The van der Waals surface area contributed by atoms with Gasteiger partial charge in [-0.25, -0.2) is 4.79 Å². The molecule has 5 nitrogen and oxygen atoms in total. The topological polar surface area (TPSA) is 76.0 Å². The van der Waals surface area contributed by atoms with Crippen molar-refractivity contribution >= 4 is 18.1 Å². The first kappa shape index (κ1) is 19.0. The molecule has 0 fully saturated rings. The van der Waals surface area contributed by atoms with Crippen LogP contribution in [0.1, 0.15) is 27.0 Å². The van der Waals surface area contributed by atoms with Gasteiger partial charge in [-0.3, -0.25) is 0 Å². The fraction of sp³-hybridized carbons (Fsp3) is 0.0870. The van der Waals surface area contributed by atoms with Crippen molar-refractivity contribution < 1.29 is 24.5 Å². The van der Waals surface area contributed by atoms with Crippen LogP contribution >= 0.6 is 0 Å². The molecular weight excluding hydrogens is 356 g/mol. The summed E-state index contributed by atoms with van der Waals surface area (Å²) in [5.74, 6) is -0.254. The fourth-order valence-electron chi connectivity index (χ4n) is 2.76. The van der Waals surface area contributed by atoms with Gasteiger partial charge in [0.05, 0.1) is 7.11 Å². The van der Waals surface area contributed by atoms with Gasteiger partial charge in [-0.05, 0) is 34.9 Å². The molecule has 0 aliphatic carbocycles. The number of benzene rings is 3. The molecule has 0 unspecified atom stereocenters. The number of aromatic hydroxyl groups is 1. The number of carboxylic acid groups (broad SMARTS) is 1. The Bertz CT molecular complexity index is 993. The van der Waals surface area contributed by atoms with Crippen LogP contribution in [0.15, 0.2) is 66.7 Å². The zero-order valence-corrected chi connectivity index (χ0v) is 15.3. The van der Waals surface area contributed by atoms with Crippen LogP contribution in [0.5, 0.6) is 17.2 Å². The zero-order chi connectivity index (χ0) is 19.9. The highest BCUT2D eigenvalue weighted by molar-refractivity contribution is 5.96. The summed E-state index contributed by atoms with van der Waals surface area (Å²) in [7, 11) is 1.58. The van der Waals surface area contributed by atoms with Gasteiger partial charge in [-0.15, -0.1) is 0 Å². The molecular formula is C23H20O5. The number of hydrogen-bond donors (Lipinski definition) is 2. The van der Waals surface area contributed by atoms with Crippen LogP contribution in [-0.4, -0.2) is 23.3 Å². The second-order valence-electron chi connectivity index (χ2n) is 6.06.